The summed E-state index contributed by atoms with van der Waals surface area (Å²) in [6.45, 7) is 17.1. The van der Waals surface area contributed by atoms with Crippen molar-refractivity contribution in [1.29, 1.82) is 0 Å². The van der Waals surface area contributed by atoms with E-state index in [0.717, 1.165) is 5.56 Å². The van der Waals surface area contributed by atoms with E-state index in [1.54, 1.807) is 71.0 Å². The Kier molecular flexibility index (Phi) is 25.1. The molecule has 2 aromatic carbocycles. The first kappa shape index (κ1) is 71.3. The molecule has 5 aliphatic heterocycles. The molecule has 12 amide bonds. The Morgan fingerprint density at radius 3 is 1.34 bits per heavy atom. The highest BCUT2D eigenvalue weighted by Crippen LogP contribution is 2.32. The van der Waals surface area contributed by atoms with E-state index in [4.69, 9.17) is 5.73 Å². The van der Waals surface area contributed by atoms with Crippen molar-refractivity contribution in [2.45, 2.75) is 219 Å². The van der Waals surface area contributed by atoms with Crippen LogP contribution in [0.3, 0.4) is 0 Å². The molecule has 2 aromatic rings. The molecule has 12 atom stereocenters. The molecule has 0 aliphatic carbocycles. The molecule has 92 heavy (non-hydrogen) atoms. The zero-order valence-electron chi connectivity index (χ0n) is 55.0. The number of likely N-dealkylation sites (tertiary alicyclic amines) is 5. The first-order valence-corrected chi connectivity index (χ1v) is 33.1. The van der Waals surface area contributed by atoms with Crippen molar-refractivity contribution >= 4 is 70.9 Å². The van der Waals surface area contributed by atoms with Gasteiger partial charge in [0.05, 0.1) is 0 Å². The van der Waals surface area contributed by atoms with Crippen LogP contribution in [-0.4, -0.2) is 200 Å². The van der Waals surface area contributed by atoms with Gasteiger partial charge in [0.1, 0.15) is 72.2 Å². The van der Waals surface area contributed by atoms with Gasteiger partial charge in [-0.3, -0.25) is 57.5 Å². The number of primary amides is 1. The lowest BCUT2D eigenvalue weighted by molar-refractivity contribution is -0.153. The van der Waals surface area contributed by atoms with Crippen molar-refractivity contribution in [3.05, 3.63) is 65.7 Å². The number of rotatable bonds is 27. The van der Waals surface area contributed by atoms with Gasteiger partial charge < -0.3 is 67.2 Å². The predicted molar refractivity (Wildman–Crippen MR) is 341 cm³/mol. The second-order valence-electron chi connectivity index (χ2n) is 26.7. The van der Waals surface area contributed by atoms with Crippen LogP contribution in [0.5, 0.6) is 5.75 Å². The smallest absolute Gasteiger partial charge is 0.246 e. The maximum atomic E-state index is 14.8. The van der Waals surface area contributed by atoms with E-state index in [2.05, 4.69) is 31.9 Å². The summed E-state index contributed by atoms with van der Waals surface area (Å²) in [4.78, 5) is 176. The largest absolute Gasteiger partial charge is 0.508 e. The van der Waals surface area contributed by atoms with Crippen LogP contribution in [-0.2, 0) is 70.4 Å². The molecule has 9 N–H and O–H groups in total. The number of aromatic hydroxyl groups is 1. The molecule has 5 aliphatic rings. The first-order chi connectivity index (χ1) is 43.7. The second-order valence-corrected chi connectivity index (χ2v) is 26.7. The van der Waals surface area contributed by atoms with E-state index in [-0.39, 0.29) is 93.7 Å². The van der Waals surface area contributed by atoms with Crippen molar-refractivity contribution in [2.24, 2.45) is 29.4 Å². The lowest BCUT2D eigenvalue weighted by Gasteiger charge is -2.36. The van der Waals surface area contributed by atoms with E-state index < -0.39 is 131 Å². The topological polar surface area (TPSA) is 339 Å². The molecule has 0 bridgehead atoms. The molecule has 25 nitrogen and oxygen atoms in total. The van der Waals surface area contributed by atoms with Crippen LogP contribution in [0.1, 0.15) is 150 Å². The molecule has 25 heteroatoms. The van der Waals surface area contributed by atoms with Gasteiger partial charge in [-0.15, -0.1) is 0 Å². The fourth-order valence-corrected chi connectivity index (χ4v) is 13.5. The number of carbonyl (C=O) groups is 12. The summed E-state index contributed by atoms with van der Waals surface area (Å²) in [7, 11) is 0. The van der Waals surface area contributed by atoms with Crippen molar-refractivity contribution in [3.63, 3.8) is 0 Å². The number of hydrogen-bond acceptors (Lipinski definition) is 13. The highest BCUT2D eigenvalue weighted by molar-refractivity contribution is 6.00. The van der Waals surface area contributed by atoms with Gasteiger partial charge in [0.15, 0.2) is 0 Å². The van der Waals surface area contributed by atoms with Crippen molar-refractivity contribution < 1.29 is 62.6 Å². The van der Waals surface area contributed by atoms with Crippen LogP contribution >= 0.6 is 0 Å². The number of nitrogens with zero attached hydrogens (tertiary/aromatic N) is 5. The minimum absolute atomic E-state index is 0.00795. The van der Waals surface area contributed by atoms with Crippen LogP contribution in [0.2, 0.25) is 0 Å². The maximum Gasteiger partial charge on any atom is 0.246 e. The third kappa shape index (κ3) is 17.7. The fraction of sp³-hybridized carbons (Fsp3) is 0.642. The van der Waals surface area contributed by atoms with E-state index >= 15 is 0 Å². The molecule has 0 saturated carbocycles. The number of nitrogens with one attached hydrogen (secondary N) is 6. The van der Waals surface area contributed by atoms with E-state index in [9.17, 15) is 62.6 Å². The van der Waals surface area contributed by atoms with Crippen molar-refractivity contribution in [3.8, 4) is 5.75 Å². The second kappa shape index (κ2) is 32.4. The van der Waals surface area contributed by atoms with Crippen LogP contribution in [0.4, 0.5) is 0 Å². The zero-order chi connectivity index (χ0) is 67.2. The first-order valence-electron chi connectivity index (χ1n) is 33.1. The summed E-state index contributed by atoms with van der Waals surface area (Å²) >= 11 is 0. The average molecular weight is 1280 g/mol. The van der Waals surface area contributed by atoms with Crippen molar-refractivity contribution in [1.82, 2.24) is 56.4 Å². The number of phenolic OH excluding ortho intramolecular Hbond substituents is 1. The monoisotopic (exact) mass is 1280 g/mol. The summed E-state index contributed by atoms with van der Waals surface area (Å²) in [5.74, 6) is -7.62. The number of nitrogens with two attached hydrogens (primary N) is 1. The summed E-state index contributed by atoms with van der Waals surface area (Å²) in [6, 6.07) is 3.78. The Morgan fingerprint density at radius 2 is 0.870 bits per heavy atom. The molecule has 0 aromatic heterocycles. The number of hydrogen-bond donors (Lipinski definition) is 8. The third-order valence-corrected chi connectivity index (χ3v) is 18.7. The molecule has 0 radical (unpaired) electrons. The quantitative estimate of drug-likeness (QED) is 0.0635. The summed E-state index contributed by atoms with van der Waals surface area (Å²) in [5.41, 5.74) is 7.08. The molecule has 5 heterocycles. The fourth-order valence-electron chi connectivity index (χ4n) is 13.5. The Labute approximate surface area is 540 Å². The number of benzene rings is 2. The highest BCUT2D eigenvalue weighted by atomic mass is 16.3. The van der Waals surface area contributed by atoms with Crippen molar-refractivity contribution in [2.75, 3.05) is 32.7 Å². The van der Waals surface area contributed by atoms with Crippen LogP contribution in [0, 0.1) is 23.7 Å². The number of carbonyl (C=O) groups excluding carboxylic acids is 12. The average Bonchev–Trinajstić information content (AvgIpc) is 1.62. The standard InChI is InChI=1S/C67H98N12O13/c1-10-41(8)56(62(87)73-55(40(6)7)66(91)76-31-15-21-49(76)60(85)71-48(37-44-26-28-45(81)29-27-44)58(83)70-46(57(68)82)36-43-19-12-11-13-20-43)74-61(86)50-22-14-30-75(50)63(88)51-23-16-32-77(51)64(89)52-24-17-33-78(52)65(90)53-25-18-34-79(53)67(92)54(39(4)5)72-59(84)47(35-38(2)3)69-42(9)80/h11-13,19-20,26-29,38-41,46-56,81H,10,14-18,21-25,30-37H2,1-9H3,(H2,68,82)(H,69,80)(H,70,83)(H,71,85)(H,72,84)(H,73,87)(H,74,86)/t41-,46-,47-,48-,49-,50-,51-,52-,53-,54-,55-,56-/m0/s1. The lowest BCUT2D eigenvalue weighted by atomic mass is 9.95. The molecular formula is C67H98N12O13. The Bertz CT molecular complexity index is 3000. The van der Waals surface area contributed by atoms with Gasteiger partial charge in [-0.2, -0.15) is 0 Å². The summed E-state index contributed by atoms with van der Waals surface area (Å²) in [5, 5.41) is 26.9. The molecule has 0 spiro atoms. The molecule has 5 saturated heterocycles. The summed E-state index contributed by atoms with van der Waals surface area (Å²) < 4.78 is 0. The van der Waals surface area contributed by atoms with Gasteiger partial charge >= 0.3 is 0 Å². The maximum absolute atomic E-state index is 14.8. The van der Waals surface area contributed by atoms with Gasteiger partial charge in [-0.25, -0.2) is 0 Å². The SMILES string of the molecule is CC[C@H](C)[C@H](NC(=O)[C@@H]1CCCN1C(=O)[C@@H]1CCCN1C(=O)[C@@H]1CCCN1C(=O)[C@@H]1CCCN1C(=O)[C@@H](NC(=O)[C@H](CC(C)C)NC(C)=O)C(C)C)C(=O)N[C@H](C(=O)N1CCC[C@H]1C(=O)N[C@@H](Cc1ccc(O)cc1)C(=O)N[C@@H](Cc1ccccc1)C(N)=O)C(C)C. The third-order valence-electron chi connectivity index (χ3n) is 18.7. The van der Waals surface area contributed by atoms with Gasteiger partial charge in [0, 0.05) is 52.5 Å². The normalized spacial score (nSPS) is 22.1. The minimum atomic E-state index is -1.25. The highest BCUT2D eigenvalue weighted by Gasteiger charge is 2.49. The number of amides is 12. The van der Waals surface area contributed by atoms with E-state index in [1.165, 1.54) is 43.6 Å². The van der Waals surface area contributed by atoms with E-state index in [0.29, 0.717) is 69.8 Å². The van der Waals surface area contributed by atoms with E-state index in [1.807, 2.05) is 26.8 Å². The van der Waals surface area contributed by atoms with Gasteiger partial charge in [0.25, 0.3) is 0 Å². The molecule has 0 unspecified atom stereocenters. The zero-order valence-corrected chi connectivity index (χ0v) is 55.0. The molecule has 7 rings (SSSR count). The molecular weight excluding hydrogens is 1180 g/mol. The molecule has 5 fully saturated rings. The molecule has 504 valence electrons. The van der Waals surface area contributed by atoms with Crippen LogP contribution in [0.25, 0.3) is 0 Å². The van der Waals surface area contributed by atoms with Gasteiger partial charge in [-0.1, -0.05) is 104 Å². The predicted octanol–water partition coefficient (Wildman–Crippen LogP) is 1.95. The van der Waals surface area contributed by atoms with Crippen LogP contribution < -0.4 is 37.6 Å². The summed E-state index contributed by atoms with van der Waals surface area (Å²) in [6.07, 6.45) is 4.86. The van der Waals surface area contributed by atoms with Crippen LogP contribution in [0.15, 0.2) is 54.6 Å². The van der Waals surface area contributed by atoms with Gasteiger partial charge in [0.2, 0.25) is 70.9 Å². The lowest BCUT2D eigenvalue weighted by Crippen LogP contribution is -2.61. The van der Waals surface area contributed by atoms with Gasteiger partial charge in [-0.05, 0) is 118 Å². The Hall–Kier alpha value is -8.12. The number of phenols is 1. The Balaban J connectivity index is 0.990. The Morgan fingerprint density at radius 1 is 0.467 bits per heavy atom. The minimum Gasteiger partial charge on any atom is -0.508 e.